The summed E-state index contributed by atoms with van der Waals surface area (Å²) in [5.41, 5.74) is 0.972. The fourth-order valence-electron chi connectivity index (χ4n) is 1.99. The summed E-state index contributed by atoms with van der Waals surface area (Å²) >= 11 is 12.5. The highest BCUT2D eigenvalue weighted by Crippen LogP contribution is 2.27. The molecule has 0 unspecified atom stereocenters. The Balaban J connectivity index is 1.71. The van der Waals surface area contributed by atoms with Crippen molar-refractivity contribution in [2.24, 2.45) is 0 Å². The highest BCUT2D eigenvalue weighted by molar-refractivity contribution is 8.18. The molecule has 0 atom stereocenters. The van der Waals surface area contributed by atoms with Gasteiger partial charge in [-0.15, -0.1) is 0 Å². The summed E-state index contributed by atoms with van der Waals surface area (Å²) in [4.78, 5) is 35.0. The van der Waals surface area contributed by atoms with Gasteiger partial charge in [-0.25, -0.2) is 4.79 Å². The van der Waals surface area contributed by atoms with Crippen LogP contribution in [0.4, 0.5) is 4.79 Å². The second-order valence-electron chi connectivity index (χ2n) is 4.94. The number of carbonyl (C=O) groups is 3. The number of hydrogen-bond donors (Lipinski definition) is 1. The van der Waals surface area contributed by atoms with Crippen LogP contribution in [0.25, 0.3) is 6.08 Å². The topological polar surface area (TPSA) is 72.5 Å². The number of halogens is 2. The largest absolute Gasteiger partial charge is 0.423 e. The van der Waals surface area contributed by atoms with E-state index in [1.165, 1.54) is 18.2 Å². The molecule has 0 aliphatic carbocycles. The summed E-state index contributed by atoms with van der Waals surface area (Å²) in [6.07, 6.45) is 1.58. The van der Waals surface area contributed by atoms with Gasteiger partial charge in [0.1, 0.15) is 5.75 Å². The molecule has 5 nitrogen and oxygen atoms in total. The van der Waals surface area contributed by atoms with Crippen LogP contribution >= 0.6 is 35.0 Å². The fraction of sp³-hybridized carbons (Fsp3) is 0. The van der Waals surface area contributed by atoms with Gasteiger partial charge in [0.25, 0.3) is 11.1 Å². The Morgan fingerprint density at radius 1 is 1.04 bits per heavy atom. The Bertz CT molecular complexity index is 909. The maximum atomic E-state index is 12.1. The molecule has 0 radical (unpaired) electrons. The average molecular weight is 394 g/mol. The van der Waals surface area contributed by atoms with E-state index in [2.05, 4.69) is 5.32 Å². The lowest BCUT2D eigenvalue weighted by atomic mass is 10.2. The van der Waals surface area contributed by atoms with Crippen LogP contribution in [-0.2, 0) is 4.79 Å². The maximum Gasteiger partial charge on any atom is 0.343 e. The number of esters is 1. The first-order valence-corrected chi connectivity index (χ1v) is 8.52. The molecule has 0 spiro atoms. The maximum absolute atomic E-state index is 12.1. The number of ether oxygens (including phenoxy) is 1. The molecule has 0 bridgehead atoms. The minimum atomic E-state index is -0.569. The Kier molecular flexibility index (Phi) is 5.13. The molecule has 1 aliphatic rings. The predicted octanol–water partition coefficient (Wildman–Crippen LogP) is 4.54. The zero-order valence-electron chi connectivity index (χ0n) is 12.4. The highest BCUT2D eigenvalue weighted by atomic mass is 35.5. The number of rotatable bonds is 3. The number of imide groups is 1. The number of thioether (sulfide) groups is 1. The number of carbonyl (C=O) groups excluding carboxylic acids is 3. The zero-order chi connectivity index (χ0) is 18.0. The van der Waals surface area contributed by atoms with E-state index < -0.39 is 17.1 Å². The van der Waals surface area contributed by atoms with Crippen LogP contribution in [0.5, 0.6) is 5.75 Å². The van der Waals surface area contributed by atoms with E-state index in [4.69, 9.17) is 27.9 Å². The summed E-state index contributed by atoms with van der Waals surface area (Å²) < 4.78 is 5.26. The lowest BCUT2D eigenvalue weighted by Crippen LogP contribution is -2.17. The normalized spacial score (nSPS) is 15.4. The molecule has 0 aromatic heterocycles. The van der Waals surface area contributed by atoms with Gasteiger partial charge in [0, 0.05) is 0 Å². The van der Waals surface area contributed by atoms with Gasteiger partial charge in [0.15, 0.2) is 0 Å². The monoisotopic (exact) mass is 393 g/mol. The molecule has 3 rings (SSSR count). The van der Waals surface area contributed by atoms with Crippen molar-refractivity contribution in [1.82, 2.24) is 5.32 Å². The third-order valence-electron chi connectivity index (χ3n) is 3.19. The third-order valence-corrected chi connectivity index (χ3v) is 4.74. The molecule has 1 heterocycles. The smallest absolute Gasteiger partial charge is 0.343 e. The van der Waals surface area contributed by atoms with E-state index in [-0.39, 0.29) is 10.6 Å². The van der Waals surface area contributed by atoms with Crippen molar-refractivity contribution in [2.75, 3.05) is 0 Å². The van der Waals surface area contributed by atoms with Crippen molar-refractivity contribution in [3.8, 4) is 5.75 Å². The first-order chi connectivity index (χ1) is 11.9. The van der Waals surface area contributed by atoms with Crippen LogP contribution in [-0.4, -0.2) is 17.1 Å². The molecule has 0 saturated carbocycles. The summed E-state index contributed by atoms with van der Waals surface area (Å²) in [5, 5.41) is 2.39. The van der Waals surface area contributed by atoms with Crippen LogP contribution in [0.2, 0.25) is 10.0 Å². The van der Waals surface area contributed by atoms with Crippen molar-refractivity contribution in [3.05, 3.63) is 68.5 Å². The van der Waals surface area contributed by atoms with Crippen molar-refractivity contribution in [1.29, 1.82) is 0 Å². The summed E-state index contributed by atoms with van der Waals surface area (Å²) in [5.74, 6) is -0.663. The van der Waals surface area contributed by atoms with Gasteiger partial charge >= 0.3 is 5.97 Å². The SMILES string of the molecule is O=C1NC(=O)C(=Cc2ccc(OC(=O)c3ccc(Cl)c(Cl)c3)cc2)S1. The summed E-state index contributed by atoms with van der Waals surface area (Å²) in [6, 6.07) is 11.0. The highest BCUT2D eigenvalue weighted by Gasteiger charge is 2.24. The molecule has 1 N–H and O–H groups in total. The second kappa shape index (κ2) is 7.31. The average Bonchev–Trinajstić information content (AvgIpc) is 2.89. The lowest BCUT2D eigenvalue weighted by molar-refractivity contribution is -0.115. The molecule has 2 aromatic rings. The Morgan fingerprint density at radius 2 is 1.76 bits per heavy atom. The lowest BCUT2D eigenvalue weighted by Gasteiger charge is -2.05. The van der Waals surface area contributed by atoms with Gasteiger partial charge in [0.05, 0.1) is 20.5 Å². The van der Waals surface area contributed by atoms with E-state index in [1.54, 1.807) is 30.3 Å². The van der Waals surface area contributed by atoms with Gasteiger partial charge in [-0.05, 0) is 53.7 Å². The number of amides is 2. The molecule has 1 fully saturated rings. The first-order valence-electron chi connectivity index (χ1n) is 6.94. The molecular formula is C17H9Cl2NO4S. The predicted molar refractivity (Wildman–Crippen MR) is 97.0 cm³/mol. The quantitative estimate of drug-likeness (QED) is 0.470. The molecule has 2 aromatic carbocycles. The van der Waals surface area contributed by atoms with E-state index in [0.29, 0.717) is 21.2 Å². The zero-order valence-corrected chi connectivity index (χ0v) is 14.7. The minimum absolute atomic E-state index is 0.264. The molecule has 126 valence electrons. The van der Waals surface area contributed by atoms with Crippen molar-refractivity contribution >= 4 is 58.2 Å². The van der Waals surface area contributed by atoms with Crippen molar-refractivity contribution in [3.63, 3.8) is 0 Å². The van der Waals surface area contributed by atoms with Crippen LogP contribution < -0.4 is 10.1 Å². The number of benzene rings is 2. The van der Waals surface area contributed by atoms with E-state index in [0.717, 1.165) is 11.8 Å². The van der Waals surface area contributed by atoms with Gasteiger partial charge in [0.2, 0.25) is 0 Å². The molecule has 25 heavy (non-hydrogen) atoms. The summed E-state index contributed by atoms with van der Waals surface area (Å²) in [6.45, 7) is 0. The number of nitrogens with one attached hydrogen (secondary N) is 1. The van der Waals surface area contributed by atoms with Crippen molar-refractivity contribution < 1.29 is 19.1 Å². The molecule has 2 amide bonds. The van der Waals surface area contributed by atoms with E-state index >= 15 is 0 Å². The van der Waals surface area contributed by atoms with E-state index in [9.17, 15) is 14.4 Å². The van der Waals surface area contributed by atoms with Crippen molar-refractivity contribution in [2.45, 2.75) is 0 Å². The Morgan fingerprint density at radius 3 is 2.36 bits per heavy atom. The van der Waals surface area contributed by atoms with Gasteiger partial charge in [-0.2, -0.15) is 0 Å². The number of hydrogen-bond acceptors (Lipinski definition) is 5. The van der Waals surface area contributed by atoms with Gasteiger partial charge in [-0.3, -0.25) is 14.9 Å². The standard InChI is InChI=1S/C17H9Cl2NO4S/c18-12-6-3-10(8-13(12)19)16(22)24-11-4-1-9(2-5-11)7-14-15(21)20-17(23)25-14/h1-8H,(H,20,21,23). The Labute approximate surface area is 156 Å². The molecular weight excluding hydrogens is 385 g/mol. The van der Waals surface area contributed by atoms with Gasteiger partial charge < -0.3 is 4.74 Å². The summed E-state index contributed by atoms with van der Waals surface area (Å²) in [7, 11) is 0. The second-order valence-corrected chi connectivity index (χ2v) is 6.77. The minimum Gasteiger partial charge on any atom is -0.423 e. The first kappa shape index (κ1) is 17.5. The van der Waals surface area contributed by atoms with Gasteiger partial charge in [-0.1, -0.05) is 35.3 Å². The van der Waals surface area contributed by atoms with Crippen LogP contribution in [0.3, 0.4) is 0 Å². The molecule has 1 aliphatic heterocycles. The van der Waals surface area contributed by atoms with Crippen LogP contribution in [0, 0.1) is 0 Å². The van der Waals surface area contributed by atoms with E-state index in [1.807, 2.05) is 0 Å². The van der Waals surface area contributed by atoms with Crippen LogP contribution in [0.15, 0.2) is 47.4 Å². The molecule has 8 heteroatoms. The van der Waals surface area contributed by atoms with Crippen LogP contribution in [0.1, 0.15) is 15.9 Å². The molecule has 1 saturated heterocycles. The fourth-order valence-corrected chi connectivity index (χ4v) is 2.97. The Hall–Kier alpha value is -2.28. The third kappa shape index (κ3) is 4.22.